The molecular formula is C13H24N4O2S. The van der Waals surface area contributed by atoms with Gasteiger partial charge in [-0.15, -0.1) is 0 Å². The maximum atomic E-state index is 12.6. The number of sulfonamides is 1. The summed E-state index contributed by atoms with van der Waals surface area (Å²) >= 11 is 0. The van der Waals surface area contributed by atoms with E-state index in [1.807, 2.05) is 0 Å². The Morgan fingerprint density at radius 3 is 2.75 bits per heavy atom. The summed E-state index contributed by atoms with van der Waals surface area (Å²) in [6.07, 6.45) is 4.17. The van der Waals surface area contributed by atoms with Crippen LogP contribution in [0.25, 0.3) is 0 Å². The molecule has 114 valence electrons. The van der Waals surface area contributed by atoms with Crippen molar-refractivity contribution in [3.63, 3.8) is 0 Å². The van der Waals surface area contributed by atoms with Crippen molar-refractivity contribution < 1.29 is 8.42 Å². The summed E-state index contributed by atoms with van der Waals surface area (Å²) in [6.45, 7) is 4.85. The van der Waals surface area contributed by atoms with Gasteiger partial charge in [0.25, 0.3) is 0 Å². The number of hydrogen-bond acceptors (Lipinski definition) is 4. The molecule has 7 heteroatoms. The Labute approximate surface area is 121 Å². The molecule has 2 N–H and O–H groups in total. The number of nitrogens with zero attached hydrogens (tertiary/aromatic N) is 2. The predicted molar refractivity (Wildman–Crippen MR) is 77.9 cm³/mol. The van der Waals surface area contributed by atoms with Gasteiger partial charge in [-0.2, -0.15) is 5.10 Å². The van der Waals surface area contributed by atoms with E-state index >= 15 is 0 Å². The second-order valence-electron chi connectivity index (χ2n) is 5.46. The molecule has 1 aromatic heterocycles. The van der Waals surface area contributed by atoms with Crippen LogP contribution in [0.1, 0.15) is 44.0 Å². The molecular weight excluding hydrogens is 276 g/mol. The van der Waals surface area contributed by atoms with E-state index in [1.54, 1.807) is 14.0 Å². The van der Waals surface area contributed by atoms with Crippen LogP contribution in [-0.4, -0.2) is 42.6 Å². The van der Waals surface area contributed by atoms with E-state index in [1.165, 1.54) is 17.1 Å². The summed E-state index contributed by atoms with van der Waals surface area (Å²) < 4.78 is 26.7. The molecule has 6 nitrogen and oxygen atoms in total. The van der Waals surface area contributed by atoms with Crippen LogP contribution in [0.2, 0.25) is 0 Å². The number of aromatic nitrogens is 2. The van der Waals surface area contributed by atoms with Gasteiger partial charge in [-0.05, 0) is 26.2 Å². The monoisotopic (exact) mass is 300 g/mol. The van der Waals surface area contributed by atoms with Gasteiger partial charge in [-0.1, -0.05) is 13.3 Å². The Morgan fingerprint density at radius 2 is 2.15 bits per heavy atom. The maximum Gasteiger partial charge on any atom is 0.246 e. The molecule has 0 bridgehead atoms. The first-order chi connectivity index (χ1) is 9.46. The van der Waals surface area contributed by atoms with Gasteiger partial charge in [0.1, 0.15) is 4.90 Å². The van der Waals surface area contributed by atoms with Gasteiger partial charge >= 0.3 is 0 Å². The fraction of sp³-hybridized carbons (Fsp3) is 0.769. The SMILES string of the molecule is CCCCN(C)S(=O)(=O)c1c(CNC2CC2)n[nH]c1C. The fourth-order valence-electron chi connectivity index (χ4n) is 2.12. The van der Waals surface area contributed by atoms with E-state index in [-0.39, 0.29) is 0 Å². The first-order valence-corrected chi connectivity index (χ1v) is 8.64. The van der Waals surface area contributed by atoms with E-state index in [0.29, 0.717) is 35.4 Å². The van der Waals surface area contributed by atoms with Gasteiger partial charge in [0.15, 0.2) is 0 Å². The first-order valence-electron chi connectivity index (χ1n) is 7.20. The van der Waals surface area contributed by atoms with Gasteiger partial charge in [0, 0.05) is 26.2 Å². The zero-order valence-electron chi connectivity index (χ0n) is 12.4. The van der Waals surface area contributed by atoms with Crippen molar-refractivity contribution >= 4 is 10.0 Å². The number of H-pyrrole nitrogens is 1. The molecule has 0 atom stereocenters. The van der Waals surface area contributed by atoms with Crippen LogP contribution in [0.3, 0.4) is 0 Å². The van der Waals surface area contributed by atoms with Gasteiger partial charge in [0.2, 0.25) is 10.0 Å². The molecule has 20 heavy (non-hydrogen) atoms. The lowest BCUT2D eigenvalue weighted by Crippen LogP contribution is -2.29. The normalized spacial score (nSPS) is 16.0. The predicted octanol–water partition coefficient (Wildman–Crippen LogP) is 1.39. The number of unbranched alkanes of at least 4 members (excludes halogenated alkanes) is 1. The lowest BCUT2D eigenvalue weighted by molar-refractivity contribution is 0.458. The molecule has 0 aromatic carbocycles. The number of aryl methyl sites for hydroxylation is 1. The van der Waals surface area contributed by atoms with Crippen molar-refractivity contribution in [2.24, 2.45) is 0 Å². The van der Waals surface area contributed by atoms with E-state index in [0.717, 1.165) is 12.8 Å². The lowest BCUT2D eigenvalue weighted by atomic mass is 10.3. The summed E-state index contributed by atoms with van der Waals surface area (Å²) in [5.74, 6) is 0. The Kier molecular flexibility index (Phi) is 4.82. The highest BCUT2D eigenvalue weighted by Gasteiger charge is 2.29. The minimum Gasteiger partial charge on any atom is -0.308 e. The van der Waals surface area contributed by atoms with Gasteiger partial charge in [0.05, 0.1) is 11.4 Å². The van der Waals surface area contributed by atoms with E-state index in [9.17, 15) is 8.42 Å². The van der Waals surface area contributed by atoms with E-state index < -0.39 is 10.0 Å². The molecule has 1 saturated carbocycles. The minimum atomic E-state index is -3.46. The average molecular weight is 300 g/mol. The summed E-state index contributed by atoms with van der Waals surface area (Å²) in [5.41, 5.74) is 1.21. The Hall–Kier alpha value is -0.920. The Morgan fingerprint density at radius 1 is 1.45 bits per heavy atom. The number of nitrogens with one attached hydrogen (secondary N) is 2. The highest BCUT2D eigenvalue weighted by molar-refractivity contribution is 7.89. The van der Waals surface area contributed by atoms with Crippen LogP contribution in [0.5, 0.6) is 0 Å². The van der Waals surface area contributed by atoms with E-state index in [2.05, 4.69) is 22.4 Å². The third-order valence-corrected chi connectivity index (χ3v) is 5.65. The topological polar surface area (TPSA) is 78.1 Å². The average Bonchev–Trinajstić information content (AvgIpc) is 3.16. The molecule has 1 heterocycles. The standard InChI is InChI=1S/C13H24N4O2S/c1-4-5-8-17(3)20(18,19)13-10(2)15-16-12(13)9-14-11-6-7-11/h11,14H,4-9H2,1-3H3,(H,15,16). The van der Waals surface area contributed by atoms with Gasteiger partial charge in [-0.3, -0.25) is 5.10 Å². The van der Waals surface area contributed by atoms with Crippen LogP contribution in [0, 0.1) is 6.92 Å². The molecule has 0 aliphatic heterocycles. The largest absolute Gasteiger partial charge is 0.308 e. The Bertz CT molecular complexity index is 549. The quantitative estimate of drug-likeness (QED) is 0.760. The number of hydrogen-bond donors (Lipinski definition) is 2. The molecule has 0 amide bonds. The molecule has 1 aliphatic carbocycles. The van der Waals surface area contributed by atoms with Crippen molar-refractivity contribution in [1.82, 2.24) is 19.8 Å². The molecule has 1 fully saturated rings. The van der Waals surface area contributed by atoms with Crippen molar-refractivity contribution in [2.45, 2.75) is 57.0 Å². The molecule has 1 aliphatic rings. The Balaban J connectivity index is 2.18. The summed E-state index contributed by atoms with van der Waals surface area (Å²) in [4.78, 5) is 0.337. The van der Waals surface area contributed by atoms with Crippen LogP contribution in [-0.2, 0) is 16.6 Å². The number of rotatable bonds is 8. The van der Waals surface area contributed by atoms with Crippen molar-refractivity contribution in [1.29, 1.82) is 0 Å². The van der Waals surface area contributed by atoms with Crippen molar-refractivity contribution in [3.05, 3.63) is 11.4 Å². The van der Waals surface area contributed by atoms with Crippen molar-refractivity contribution in [2.75, 3.05) is 13.6 Å². The van der Waals surface area contributed by atoms with Gasteiger partial charge < -0.3 is 5.32 Å². The first kappa shape index (κ1) is 15.5. The number of aromatic amines is 1. The second-order valence-corrected chi connectivity index (χ2v) is 7.44. The lowest BCUT2D eigenvalue weighted by Gasteiger charge is -2.17. The van der Waals surface area contributed by atoms with Crippen LogP contribution < -0.4 is 5.32 Å². The molecule has 0 radical (unpaired) electrons. The fourth-order valence-corrected chi connectivity index (χ4v) is 3.65. The van der Waals surface area contributed by atoms with Crippen LogP contribution >= 0.6 is 0 Å². The third kappa shape index (κ3) is 3.39. The maximum absolute atomic E-state index is 12.6. The zero-order chi connectivity index (χ0) is 14.8. The second kappa shape index (κ2) is 6.24. The summed E-state index contributed by atoms with van der Waals surface area (Å²) in [6, 6.07) is 0.528. The van der Waals surface area contributed by atoms with Crippen molar-refractivity contribution in [3.8, 4) is 0 Å². The van der Waals surface area contributed by atoms with Gasteiger partial charge in [-0.25, -0.2) is 12.7 Å². The molecule has 0 saturated heterocycles. The highest BCUT2D eigenvalue weighted by Crippen LogP contribution is 2.24. The van der Waals surface area contributed by atoms with Crippen LogP contribution in [0.4, 0.5) is 0 Å². The molecule has 2 rings (SSSR count). The van der Waals surface area contributed by atoms with E-state index in [4.69, 9.17) is 0 Å². The zero-order valence-corrected chi connectivity index (χ0v) is 13.3. The summed E-state index contributed by atoms with van der Waals surface area (Å²) in [7, 11) is -1.82. The molecule has 0 spiro atoms. The molecule has 0 unspecified atom stereocenters. The smallest absolute Gasteiger partial charge is 0.246 e. The van der Waals surface area contributed by atoms with Crippen LogP contribution in [0.15, 0.2) is 4.90 Å². The molecule has 1 aromatic rings. The minimum absolute atomic E-state index is 0.337. The third-order valence-electron chi connectivity index (χ3n) is 3.59. The summed E-state index contributed by atoms with van der Waals surface area (Å²) in [5, 5.41) is 10.3. The highest BCUT2D eigenvalue weighted by atomic mass is 32.2.